The van der Waals surface area contributed by atoms with Crippen LogP contribution in [0.2, 0.25) is 18.1 Å². The molecule has 4 aromatic rings. The average Bonchev–Trinajstić information content (AvgIpc) is 3.09. The Morgan fingerprint density at radius 1 is 0.880 bits per heavy atom. The van der Waals surface area contributed by atoms with Gasteiger partial charge in [-0.3, -0.25) is 4.79 Å². The Morgan fingerprint density at radius 2 is 1.54 bits per heavy atom. The SMILES string of the molecule is CC(C)(C)[Si](C)(C)O[C@@H](CCC1C(=O)N(c2ccc(F)cc2)[C@@H]1c1ccc(OCC=CCBr)cc1OCc1ccccc1)c1ccc(F)cc1. The lowest BCUT2D eigenvalue weighted by Gasteiger charge is -2.48. The fraction of sp³-hybridized carbons (Fsp3) is 0.341. The van der Waals surface area contributed by atoms with Gasteiger partial charge in [-0.1, -0.05) is 91.3 Å². The minimum absolute atomic E-state index is 0.0434. The number of halogens is 3. The van der Waals surface area contributed by atoms with Gasteiger partial charge in [0.1, 0.15) is 36.3 Å². The molecule has 0 saturated carbocycles. The maximum atomic E-state index is 14.1. The van der Waals surface area contributed by atoms with Crippen LogP contribution in [-0.2, 0) is 15.8 Å². The van der Waals surface area contributed by atoms with Gasteiger partial charge in [-0.15, -0.1) is 0 Å². The van der Waals surface area contributed by atoms with Gasteiger partial charge in [0, 0.05) is 22.6 Å². The van der Waals surface area contributed by atoms with Gasteiger partial charge in [-0.05, 0) is 90.6 Å². The minimum Gasteiger partial charge on any atom is -0.489 e. The van der Waals surface area contributed by atoms with Crippen LogP contribution < -0.4 is 14.4 Å². The van der Waals surface area contributed by atoms with Crippen molar-refractivity contribution in [1.29, 1.82) is 0 Å². The third kappa shape index (κ3) is 9.10. The maximum Gasteiger partial charge on any atom is 0.233 e. The van der Waals surface area contributed by atoms with Crippen molar-refractivity contribution in [2.45, 2.75) is 70.5 Å². The van der Waals surface area contributed by atoms with Crippen molar-refractivity contribution in [3.05, 3.63) is 138 Å². The van der Waals surface area contributed by atoms with Crippen LogP contribution in [0.1, 0.15) is 62.4 Å². The normalized spacial score (nSPS) is 17.1. The van der Waals surface area contributed by atoms with Gasteiger partial charge in [0.25, 0.3) is 0 Å². The van der Waals surface area contributed by atoms with Crippen molar-refractivity contribution in [3.63, 3.8) is 0 Å². The van der Waals surface area contributed by atoms with Crippen LogP contribution in [-0.4, -0.2) is 26.2 Å². The number of carbonyl (C=O) groups is 1. The highest BCUT2D eigenvalue weighted by atomic mass is 79.9. The first-order valence-electron chi connectivity index (χ1n) is 17.0. The largest absolute Gasteiger partial charge is 0.489 e. The molecule has 1 fully saturated rings. The lowest BCUT2D eigenvalue weighted by molar-refractivity contribution is -0.131. The summed E-state index contributed by atoms with van der Waals surface area (Å²) in [6, 6.07) is 27.7. The quantitative estimate of drug-likeness (QED) is 0.0524. The highest BCUT2D eigenvalue weighted by molar-refractivity contribution is 9.09. The standard InChI is InChI=1S/C41H46BrF2NO4Si/c1-41(2,3)50(4,5)49-37(30-13-15-31(43)16-14-30)24-23-36-39(45(40(36)46)33-19-17-32(44)18-20-33)35-22-21-34(47-26-10-9-25-42)27-38(35)48-28-29-11-7-6-8-12-29/h6-22,27,36-37,39H,23-26,28H2,1-5H3/t36?,37-,39+/m0/s1. The smallest absolute Gasteiger partial charge is 0.233 e. The number of ether oxygens (including phenoxy) is 2. The number of benzene rings is 4. The number of anilines is 1. The first-order chi connectivity index (χ1) is 23.9. The van der Waals surface area contributed by atoms with Crippen molar-refractivity contribution < 1.29 is 27.5 Å². The van der Waals surface area contributed by atoms with Gasteiger partial charge in [-0.25, -0.2) is 8.78 Å². The number of hydrogen-bond acceptors (Lipinski definition) is 4. The summed E-state index contributed by atoms with van der Waals surface area (Å²) in [5, 5.41) is 0.693. The second-order valence-corrected chi connectivity index (χ2v) is 19.5. The predicted molar refractivity (Wildman–Crippen MR) is 202 cm³/mol. The monoisotopic (exact) mass is 761 g/mol. The van der Waals surface area contributed by atoms with Crippen LogP contribution in [0, 0.1) is 17.6 Å². The summed E-state index contributed by atoms with van der Waals surface area (Å²) >= 11 is 3.39. The van der Waals surface area contributed by atoms with Gasteiger partial charge < -0.3 is 18.8 Å². The summed E-state index contributed by atoms with van der Waals surface area (Å²) < 4.78 is 47.4. The van der Waals surface area contributed by atoms with Gasteiger partial charge in [0.15, 0.2) is 8.32 Å². The Labute approximate surface area is 304 Å². The molecule has 1 saturated heterocycles. The van der Waals surface area contributed by atoms with Gasteiger partial charge in [-0.2, -0.15) is 0 Å². The molecule has 5 nitrogen and oxygen atoms in total. The molecule has 9 heteroatoms. The van der Waals surface area contributed by atoms with E-state index in [9.17, 15) is 13.6 Å². The summed E-state index contributed by atoms with van der Waals surface area (Å²) in [6.45, 7) is 11.7. The van der Waals surface area contributed by atoms with Crippen molar-refractivity contribution >= 4 is 35.8 Å². The molecule has 0 radical (unpaired) electrons. The summed E-state index contributed by atoms with van der Waals surface area (Å²) in [5.41, 5.74) is 3.34. The second kappa shape index (κ2) is 16.5. The second-order valence-electron chi connectivity index (χ2n) is 14.1. The first kappa shape index (κ1) is 37.5. The molecule has 1 amide bonds. The van der Waals surface area contributed by atoms with E-state index in [1.807, 2.05) is 60.7 Å². The number of alkyl halides is 1. The van der Waals surface area contributed by atoms with E-state index in [1.54, 1.807) is 29.2 Å². The Kier molecular flexibility index (Phi) is 12.4. The highest BCUT2D eigenvalue weighted by Gasteiger charge is 2.50. The Bertz CT molecular complexity index is 1740. The summed E-state index contributed by atoms with van der Waals surface area (Å²) in [7, 11) is -2.24. The summed E-state index contributed by atoms with van der Waals surface area (Å²) in [5.74, 6) is 0.115. The molecule has 0 aliphatic carbocycles. The molecule has 1 unspecified atom stereocenters. The maximum absolute atomic E-state index is 14.1. The molecule has 264 valence electrons. The van der Waals surface area contributed by atoms with E-state index in [2.05, 4.69) is 49.8 Å². The number of hydrogen-bond donors (Lipinski definition) is 0. The zero-order valence-electron chi connectivity index (χ0n) is 29.4. The van der Waals surface area contributed by atoms with E-state index in [0.717, 1.165) is 22.0 Å². The van der Waals surface area contributed by atoms with Crippen LogP contribution in [0.3, 0.4) is 0 Å². The Hall–Kier alpha value is -3.79. The predicted octanol–water partition coefficient (Wildman–Crippen LogP) is 11.1. The van der Waals surface area contributed by atoms with E-state index >= 15 is 0 Å². The molecule has 3 atom stereocenters. The number of rotatable bonds is 15. The number of nitrogens with zero attached hydrogens (tertiary/aromatic N) is 1. The Balaban J connectivity index is 1.50. The molecular formula is C41H46BrF2NO4Si. The zero-order chi connectivity index (χ0) is 35.9. The molecule has 1 aliphatic heterocycles. The van der Waals surface area contributed by atoms with Crippen molar-refractivity contribution in [2.75, 3.05) is 16.8 Å². The Morgan fingerprint density at radius 3 is 2.18 bits per heavy atom. The molecule has 0 aromatic heterocycles. The number of β-lactam (4-membered cyclic amide) rings is 1. The number of carbonyl (C=O) groups excluding carboxylic acids is 1. The highest BCUT2D eigenvalue weighted by Crippen LogP contribution is 2.50. The summed E-state index contributed by atoms with van der Waals surface area (Å²) in [6.07, 6.45) is 4.67. The lowest BCUT2D eigenvalue weighted by atomic mass is 9.78. The topological polar surface area (TPSA) is 48.0 Å². The lowest BCUT2D eigenvalue weighted by Crippen LogP contribution is -2.55. The first-order valence-corrected chi connectivity index (χ1v) is 21.1. The third-order valence-corrected chi connectivity index (χ3v) is 14.5. The fourth-order valence-corrected chi connectivity index (χ4v) is 7.48. The molecule has 0 spiro atoms. The fourth-order valence-electron chi connectivity index (χ4n) is 5.89. The van der Waals surface area contributed by atoms with Crippen LogP contribution in [0.15, 0.2) is 109 Å². The van der Waals surface area contributed by atoms with Gasteiger partial charge in [0.05, 0.1) is 18.1 Å². The zero-order valence-corrected chi connectivity index (χ0v) is 32.0. The molecular weight excluding hydrogens is 716 g/mol. The molecule has 4 aromatic carbocycles. The van der Waals surface area contributed by atoms with Crippen molar-refractivity contribution in [2.24, 2.45) is 5.92 Å². The minimum atomic E-state index is -2.24. The molecule has 0 bridgehead atoms. The average molecular weight is 763 g/mol. The van der Waals surface area contributed by atoms with E-state index in [1.165, 1.54) is 24.3 Å². The van der Waals surface area contributed by atoms with E-state index in [-0.39, 0.29) is 34.7 Å². The van der Waals surface area contributed by atoms with Crippen LogP contribution in [0.4, 0.5) is 14.5 Å². The van der Waals surface area contributed by atoms with E-state index < -0.39 is 14.2 Å². The molecule has 1 aliphatic rings. The molecule has 50 heavy (non-hydrogen) atoms. The van der Waals surface area contributed by atoms with Crippen LogP contribution >= 0.6 is 15.9 Å². The van der Waals surface area contributed by atoms with Gasteiger partial charge >= 0.3 is 0 Å². The van der Waals surface area contributed by atoms with Crippen molar-refractivity contribution in [1.82, 2.24) is 0 Å². The van der Waals surface area contributed by atoms with Gasteiger partial charge in [0.2, 0.25) is 5.91 Å². The molecule has 1 heterocycles. The van der Waals surface area contributed by atoms with Crippen LogP contribution in [0.5, 0.6) is 11.5 Å². The molecule has 5 rings (SSSR count). The van der Waals surface area contributed by atoms with E-state index in [4.69, 9.17) is 13.9 Å². The third-order valence-electron chi connectivity index (χ3n) is 9.69. The molecule has 0 N–H and O–H groups in total. The van der Waals surface area contributed by atoms with E-state index in [0.29, 0.717) is 43.2 Å². The van der Waals surface area contributed by atoms with Crippen molar-refractivity contribution in [3.8, 4) is 11.5 Å². The number of allylic oxidation sites excluding steroid dienone is 1. The van der Waals surface area contributed by atoms with Crippen LogP contribution in [0.25, 0.3) is 0 Å². The summed E-state index contributed by atoms with van der Waals surface area (Å²) in [4.78, 5) is 15.8. The number of amides is 1.